The van der Waals surface area contributed by atoms with Gasteiger partial charge in [-0.3, -0.25) is 10.1 Å². The van der Waals surface area contributed by atoms with Crippen molar-refractivity contribution in [1.29, 1.82) is 5.26 Å². The van der Waals surface area contributed by atoms with E-state index < -0.39 is 33.3 Å². The summed E-state index contributed by atoms with van der Waals surface area (Å²) in [7, 11) is -3.76. The second-order valence-corrected chi connectivity index (χ2v) is 8.60. The molecule has 2 aliphatic heterocycles. The Morgan fingerprint density at radius 2 is 2.11 bits per heavy atom. The minimum absolute atomic E-state index is 0.142. The van der Waals surface area contributed by atoms with E-state index in [0.29, 0.717) is 17.7 Å². The van der Waals surface area contributed by atoms with Gasteiger partial charge in [-0.2, -0.15) is 9.57 Å². The van der Waals surface area contributed by atoms with Gasteiger partial charge in [0, 0.05) is 30.4 Å². The third-order valence-corrected chi connectivity index (χ3v) is 6.46. The van der Waals surface area contributed by atoms with E-state index in [9.17, 15) is 18.0 Å². The van der Waals surface area contributed by atoms with Crippen molar-refractivity contribution < 1.29 is 18.0 Å². The molecule has 28 heavy (non-hydrogen) atoms. The summed E-state index contributed by atoms with van der Waals surface area (Å²) in [4.78, 5) is 27.1. The first-order valence-corrected chi connectivity index (χ1v) is 10.0. The highest BCUT2D eigenvalue weighted by molar-refractivity contribution is 7.89. The smallest absolute Gasteiger partial charge is 0.322 e. The fourth-order valence-electron chi connectivity index (χ4n) is 2.84. The predicted molar refractivity (Wildman–Crippen MR) is 99.0 cm³/mol. The van der Waals surface area contributed by atoms with Gasteiger partial charge in [0.05, 0.1) is 5.75 Å². The Kier molecular flexibility index (Phi) is 5.18. The van der Waals surface area contributed by atoms with Gasteiger partial charge in [0.1, 0.15) is 17.3 Å². The third kappa shape index (κ3) is 4.19. The van der Waals surface area contributed by atoms with Crippen molar-refractivity contribution in [3.05, 3.63) is 41.2 Å². The Hall–Kier alpha value is -3.21. The highest BCUT2D eigenvalue weighted by Crippen LogP contribution is 2.19. The van der Waals surface area contributed by atoms with Gasteiger partial charge in [-0.05, 0) is 25.5 Å². The van der Waals surface area contributed by atoms with Crippen LogP contribution in [0.1, 0.15) is 24.6 Å². The molecule has 1 fully saturated rings. The van der Waals surface area contributed by atoms with E-state index in [2.05, 4.69) is 27.5 Å². The number of sulfonamides is 1. The number of pyridine rings is 1. The molecule has 0 aliphatic carbocycles. The number of carbonyl (C=O) groups is 2. The van der Waals surface area contributed by atoms with E-state index in [1.54, 1.807) is 18.2 Å². The molecule has 144 valence electrons. The molecule has 9 nitrogen and oxygen atoms in total. The minimum Gasteiger partial charge on any atom is -0.322 e. The first-order chi connectivity index (χ1) is 13.2. The van der Waals surface area contributed by atoms with E-state index in [1.165, 1.54) is 17.4 Å². The lowest BCUT2D eigenvalue weighted by molar-refractivity contribution is -0.122. The van der Waals surface area contributed by atoms with Gasteiger partial charge in [0.15, 0.2) is 0 Å². The van der Waals surface area contributed by atoms with Crippen molar-refractivity contribution >= 4 is 22.0 Å². The second-order valence-electron chi connectivity index (χ2n) is 6.63. The lowest BCUT2D eigenvalue weighted by Crippen LogP contribution is -2.52. The highest BCUT2D eigenvalue weighted by atomic mass is 32.2. The van der Waals surface area contributed by atoms with Crippen LogP contribution in [0.25, 0.3) is 0 Å². The van der Waals surface area contributed by atoms with E-state index in [0.717, 1.165) is 5.57 Å². The number of nitrogens with one attached hydrogen (secondary N) is 2. The van der Waals surface area contributed by atoms with Crippen LogP contribution in [0.3, 0.4) is 0 Å². The largest absolute Gasteiger partial charge is 0.322 e. The Morgan fingerprint density at radius 3 is 2.64 bits per heavy atom. The fraction of sp³-hybridized carbons (Fsp3) is 0.333. The minimum atomic E-state index is -3.76. The second kappa shape index (κ2) is 7.43. The third-order valence-electron chi connectivity index (χ3n) is 4.40. The highest BCUT2D eigenvalue weighted by Gasteiger charge is 2.46. The van der Waals surface area contributed by atoms with Gasteiger partial charge in [-0.1, -0.05) is 17.9 Å². The Labute approximate surface area is 162 Å². The van der Waals surface area contributed by atoms with E-state index in [4.69, 9.17) is 5.26 Å². The van der Waals surface area contributed by atoms with Crippen molar-refractivity contribution in [2.75, 3.05) is 18.8 Å². The number of imide groups is 1. The molecule has 0 aromatic carbocycles. The number of hydrogen-bond donors (Lipinski definition) is 2. The van der Waals surface area contributed by atoms with Crippen LogP contribution < -0.4 is 10.6 Å². The molecule has 1 aromatic heterocycles. The molecule has 10 heteroatoms. The maximum atomic E-state index is 12.6. The van der Waals surface area contributed by atoms with Crippen molar-refractivity contribution in [2.45, 2.75) is 18.9 Å². The SMILES string of the molecule is C[C@]1(CS(=O)(=O)N2CC=C(C#Cc3ccc(C#N)nc3)CC2)NC(=O)NC1=O. The molecule has 0 spiro atoms. The molecule has 2 N–H and O–H groups in total. The van der Waals surface area contributed by atoms with Gasteiger partial charge in [-0.15, -0.1) is 0 Å². The normalized spacial score (nSPS) is 22.4. The summed E-state index contributed by atoms with van der Waals surface area (Å²) in [5.74, 6) is 4.76. The van der Waals surface area contributed by atoms with Crippen molar-refractivity contribution in [3.8, 4) is 17.9 Å². The molecule has 2 aliphatic rings. The summed E-state index contributed by atoms with van der Waals surface area (Å²) < 4.78 is 26.5. The number of amides is 3. The first kappa shape index (κ1) is 19.5. The molecular formula is C18H17N5O4S. The maximum Gasteiger partial charge on any atom is 0.322 e. The molecule has 3 heterocycles. The predicted octanol–water partition coefficient (Wildman–Crippen LogP) is -0.135. The Balaban J connectivity index is 1.66. The monoisotopic (exact) mass is 399 g/mol. The van der Waals surface area contributed by atoms with Crippen molar-refractivity contribution in [1.82, 2.24) is 19.9 Å². The number of urea groups is 1. The number of rotatable bonds is 3. The molecule has 0 unspecified atom stereocenters. The summed E-state index contributed by atoms with van der Waals surface area (Å²) in [6, 6.07) is 4.50. The zero-order chi connectivity index (χ0) is 20.4. The van der Waals surface area contributed by atoms with Crippen LogP contribution >= 0.6 is 0 Å². The molecule has 1 saturated heterocycles. The number of nitriles is 1. The van der Waals surface area contributed by atoms with Crippen LogP contribution in [0.4, 0.5) is 4.79 Å². The van der Waals surface area contributed by atoms with Crippen LogP contribution in [0.15, 0.2) is 30.0 Å². The number of carbonyl (C=O) groups excluding carboxylic acids is 2. The van der Waals surface area contributed by atoms with Crippen LogP contribution in [0.5, 0.6) is 0 Å². The average molecular weight is 399 g/mol. The molecular weight excluding hydrogens is 382 g/mol. The van der Waals surface area contributed by atoms with E-state index >= 15 is 0 Å². The Morgan fingerprint density at radius 1 is 1.32 bits per heavy atom. The van der Waals surface area contributed by atoms with Gasteiger partial charge in [0.2, 0.25) is 10.0 Å². The van der Waals surface area contributed by atoms with Crippen LogP contribution in [0, 0.1) is 23.2 Å². The van der Waals surface area contributed by atoms with Gasteiger partial charge < -0.3 is 5.32 Å². The molecule has 3 amide bonds. The van der Waals surface area contributed by atoms with Crippen LogP contribution in [0.2, 0.25) is 0 Å². The molecule has 0 radical (unpaired) electrons. The van der Waals surface area contributed by atoms with Crippen LogP contribution in [-0.2, 0) is 14.8 Å². The average Bonchev–Trinajstić information content (AvgIpc) is 2.91. The standard InChI is InChI=1S/C18H17N5O4S/c1-18(16(24)21-17(25)22-18)12-28(26,27)23-8-6-13(7-9-23)2-3-14-4-5-15(10-19)20-11-14/h4-6,11H,7-9,12H2,1H3,(H2,21,22,24,25)/t18-/m1/s1. The number of nitrogens with zero attached hydrogens (tertiary/aromatic N) is 3. The lowest BCUT2D eigenvalue weighted by Gasteiger charge is -2.28. The molecule has 1 atom stereocenters. The zero-order valence-electron chi connectivity index (χ0n) is 15.0. The summed E-state index contributed by atoms with van der Waals surface area (Å²) in [6.45, 7) is 1.76. The molecule has 1 aromatic rings. The van der Waals surface area contributed by atoms with Gasteiger partial charge >= 0.3 is 6.03 Å². The summed E-state index contributed by atoms with van der Waals surface area (Å²) in [5, 5.41) is 13.1. The first-order valence-electron chi connectivity index (χ1n) is 8.40. The summed E-state index contributed by atoms with van der Waals surface area (Å²) in [5.41, 5.74) is 0.284. The fourth-order valence-corrected chi connectivity index (χ4v) is 4.63. The van der Waals surface area contributed by atoms with E-state index in [1.807, 2.05) is 6.07 Å². The summed E-state index contributed by atoms with van der Waals surface area (Å²) in [6.07, 6.45) is 3.67. The van der Waals surface area contributed by atoms with Gasteiger partial charge in [0.25, 0.3) is 5.91 Å². The zero-order valence-corrected chi connectivity index (χ0v) is 15.8. The Bertz CT molecular complexity index is 1060. The number of hydrogen-bond acceptors (Lipinski definition) is 6. The topological polar surface area (TPSA) is 132 Å². The van der Waals surface area contributed by atoms with Crippen molar-refractivity contribution in [2.24, 2.45) is 0 Å². The quantitative estimate of drug-likeness (QED) is 0.537. The van der Waals surface area contributed by atoms with Crippen molar-refractivity contribution in [3.63, 3.8) is 0 Å². The lowest BCUT2D eigenvalue weighted by atomic mass is 10.1. The van der Waals surface area contributed by atoms with E-state index in [-0.39, 0.29) is 13.1 Å². The number of aromatic nitrogens is 1. The molecule has 3 rings (SSSR count). The maximum absolute atomic E-state index is 12.6. The molecule has 0 bridgehead atoms. The van der Waals surface area contributed by atoms with Crippen LogP contribution in [-0.4, -0.2) is 54.0 Å². The van der Waals surface area contributed by atoms with Gasteiger partial charge in [-0.25, -0.2) is 18.2 Å². The summed E-state index contributed by atoms with van der Waals surface area (Å²) >= 11 is 0. The molecule has 0 saturated carbocycles.